The van der Waals surface area contributed by atoms with E-state index in [9.17, 15) is 19.6 Å². The van der Waals surface area contributed by atoms with Crippen LogP contribution in [0.5, 0.6) is 11.6 Å². The average Bonchev–Trinajstić information content (AvgIpc) is 3.17. The highest BCUT2D eigenvalue weighted by Crippen LogP contribution is 2.25. The van der Waals surface area contributed by atoms with Crippen molar-refractivity contribution in [2.75, 3.05) is 5.32 Å². The number of nitrogens with zero attached hydrogens (tertiary/aromatic N) is 5. The molecule has 5 rings (SSSR count). The second-order valence-electron chi connectivity index (χ2n) is 8.68. The SMILES string of the molecule is Cc1c(NC(=O)/C(C#N)=C/c2c(Oc3ccc(Cl)cc3)nc3ccccn3c2=O)c(=O)n(-c2ccccc2)n1C. The van der Waals surface area contributed by atoms with Crippen LogP contribution in [-0.4, -0.2) is 24.7 Å². The topological polar surface area (TPSA) is 123 Å². The van der Waals surface area contributed by atoms with E-state index in [0.717, 1.165) is 6.08 Å². The van der Waals surface area contributed by atoms with Crippen LogP contribution in [0, 0.1) is 18.3 Å². The normalized spacial score (nSPS) is 11.3. The predicted molar refractivity (Wildman–Crippen MR) is 151 cm³/mol. The Morgan fingerprint density at radius 3 is 2.42 bits per heavy atom. The van der Waals surface area contributed by atoms with Gasteiger partial charge in [0.15, 0.2) is 0 Å². The molecule has 0 radical (unpaired) electrons. The number of carbonyl (C=O) groups is 1. The molecular formula is C29H21ClN6O4. The molecule has 40 heavy (non-hydrogen) atoms. The van der Waals surface area contributed by atoms with E-state index in [1.54, 1.807) is 85.4 Å². The molecule has 198 valence electrons. The van der Waals surface area contributed by atoms with Crippen LogP contribution < -0.4 is 21.2 Å². The Bertz CT molecular complexity index is 1950. The van der Waals surface area contributed by atoms with E-state index in [4.69, 9.17) is 16.3 Å². The molecule has 0 saturated carbocycles. The van der Waals surface area contributed by atoms with Crippen molar-refractivity contribution < 1.29 is 9.53 Å². The van der Waals surface area contributed by atoms with Crippen LogP contribution in [0.4, 0.5) is 5.69 Å². The van der Waals surface area contributed by atoms with Crippen molar-refractivity contribution in [3.63, 3.8) is 0 Å². The Balaban J connectivity index is 1.57. The largest absolute Gasteiger partial charge is 0.438 e. The average molecular weight is 553 g/mol. The molecule has 0 spiro atoms. The molecule has 5 aromatic rings. The van der Waals surface area contributed by atoms with Crippen molar-refractivity contribution in [1.29, 1.82) is 5.26 Å². The zero-order chi connectivity index (χ0) is 28.4. The van der Waals surface area contributed by atoms with Crippen LogP contribution in [0.15, 0.2) is 94.2 Å². The van der Waals surface area contributed by atoms with Gasteiger partial charge in [0.25, 0.3) is 17.0 Å². The van der Waals surface area contributed by atoms with Crippen molar-refractivity contribution >= 4 is 34.9 Å². The van der Waals surface area contributed by atoms with E-state index in [2.05, 4.69) is 10.3 Å². The summed E-state index contributed by atoms with van der Waals surface area (Å²) in [5.41, 5.74) is -0.205. The van der Waals surface area contributed by atoms with Gasteiger partial charge in [-0.3, -0.25) is 23.5 Å². The van der Waals surface area contributed by atoms with E-state index in [1.165, 1.54) is 15.3 Å². The van der Waals surface area contributed by atoms with Crippen molar-refractivity contribution in [2.24, 2.45) is 7.05 Å². The van der Waals surface area contributed by atoms with Crippen LogP contribution in [-0.2, 0) is 11.8 Å². The Kier molecular flexibility index (Phi) is 7.05. The molecule has 0 aliphatic heterocycles. The lowest BCUT2D eigenvalue weighted by molar-refractivity contribution is -0.112. The van der Waals surface area contributed by atoms with Gasteiger partial charge in [-0.25, -0.2) is 4.68 Å². The first-order chi connectivity index (χ1) is 19.3. The summed E-state index contributed by atoms with van der Waals surface area (Å²) in [6, 6.07) is 22.1. The van der Waals surface area contributed by atoms with Gasteiger partial charge in [-0.15, -0.1) is 0 Å². The number of hydrogen-bond acceptors (Lipinski definition) is 6. The molecule has 1 N–H and O–H groups in total. The number of carbonyl (C=O) groups excluding carboxylic acids is 1. The van der Waals surface area contributed by atoms with Gasteiger partial charge < -0.3 is 10.1 Å². The summed E-state index contributed by atoms with van der Waals surface area (Å²) in [6.45, 7) is 1.67. The van der Waals surface area contributed by atoms with Crippen LogP contribution in [0.2, 0.25) is 5.02 Å². The van der Waals surface area contributed by atoms with E-state index in [0.29, 0.717) is 27.8 Å². The maximum atomic E-state index is 13.4. The molecule has 10 nitrogen and oxygen atoms in total. The van der Waals surface area contributed by atoms with Crippen LogP contribution in [0.3, 0.4) is 0 Å². The van der Waals surface area contributed by atoms with Crippen molar-refractivity contribution in [1.82, 2.24) is 18.7 Å². The summed E-state index contributed by atoms with van der Waals surface area (Å²) < 4.78 is 10.1. The third kappa shape index (κ3) is 4.89. The van der Waals surface area contributed by atoms with Crippen molar-refractivity contribution in [2.45, 2.75) is 6.92 Å². The Labute approximate surface area is 232 Å². The number of hydrogen-bond donors (Lipinski definition) is 1. The van der Waals surface area contributed by atoms with Crippen LogP contribution >= 0.6 is 11.6 Å². The summed E-state index contributed by atoms with van der Waals surface area (Å²) in [7, 11) is 1.68. The number of para-hydroxylation sites is 1. The highest BCUT2D eigenvalue weighted by molar-refractivity contribution is 6.30. The zero-order valence-electron chi connectivity index (χ0n) is 21.3. The number of fused-ring (bicyclic) bond motifs is 1. The van der Waals surface area contributed by atoms with Gasteiger partial charge >= 0.3 is 0 Å². The fraction of sp³-hybridized carbons (Fsp3) is 0.0690. The lowest BCUT2D eigenvalue weighted by Gasteiger charge is -2.10. The first-order valence-corrected chi connectivity index (χ1v) is 12.4. The molecule has 0 saturated heterocycles. The van der Waals surface area contributed by atoms with Gasteiger partial charge in [-0.1, -0.05) is 35.9 Å². The molecule has 0 bridgehead atoms. The van der Waals surface area contributed by atoms with Gasteiger partial charge in [0.2, 0.25) is 5.88 Å². The molecule has 0 atom stereocenters. The monoisotopic (exact) mass is 552 g/mol. The molecule has 2 aromatic carbocycles. The smallest absolute Gasteiger partial charge is 0.295 e. The molecule has 0 unspecified atom stereocenters. The number of nitrogens with one attached hydrogen (secondary N) is 1. The van der Waals surface area contributed by atoms with Crippen molar-refractivity contribution in [3.8, 4) is 23.4 Å². The third-order valence-corrected chi connectivity index (χ3v) is 6.46. The maximum absolute atomic E-state index is 13.4. The summed E-state index contributed by atoms with van der Waals surface area (Å²) >= 11 is 5.97. The predicted octanol–water partition coefficient (Wildman–Crippen LogP) is 4.48. The van der Waals surface area contributed by atoms with Gasteiger partial charge in [0.1, 0.15) is 34.3 Å². The fourth-order valence-electron chi connectivity index (χ4n) is 4.08. The molecule has 3 heterocycles. The number of benzene rings is 2. The minimum Gasteiger partial charge on any atom is -0.438 e. The summed E-state index contributed by atoms with van der Waals surface area (Å²) in [6.07, 6.45) is 2.61. The standard InChI is InChI=1S/C29H21ClN6O4/c1-18-25(29(39)36(34(18)2)21-8-4-3-5-9-21)33-26(37)19(17-31)16-23-27(40-22-13-11-20(30)12-14-22)32-24-10-6-7-15-35(24)28(23)38/h3-16H,1-2H3,(H,33,37)/b19-16+. The molecule has 3 aromatic heterocycles. The summed E-state index contributed by atoms with van der Waals surface area (Å²) in [5, 5.41) is 12.9. The van der Waals surface area contributed by atoms with E-state index < -0.39 is 22.6 Å². The quantitative estimate of drug-likeness (QED) is 0.245. The molecule has 11 heteroatoms. The minimum absolute atomic E-state index is 0.00324. The first-order valence-electron chi connectivity index (χ1n) is 12.0. The van der Waals surface area contributed by atoms with Gasteiger partial charge in [0.05, 0.1) is 11.4 Å². The number of ether oxygens (including phenoxy) is 1. The summed E-state index contributed by atoms with van der Waals surface area (Å²) in [5.74, 6) is -0.638. The lowest BCUT2D eigenvalue weighted by atomic mass is 10.1. The van der Waals surface area contributed by atoms with Crippen molar-refractivity contribution in [3.05, 3.63) is 122 Å². The zero-order valence-corrected chi connectivity index (χ0v) is 22.1. The van der Waals surface area contributed by atoms with E-state index >= 15 is 0 Å². The second-order valence-corrected chi connectivity index (χ2v) is 9.12. The van der Waals surface area contributed by atoms with Gasteiger partial charge in [0, 0.05) is 18.3 Å². The Hall–Kier alpha value is -5.40. The van der Waals surface area contributed by atoms with E-state index in [-0.39, 0.29) is 17.1 Å². The highest BCUT2D eigenvalue weighted by Gasteiger charge is 2.22. The molecular weight excluding hydrogens is 532 g/mol. The number of aromatic nitrogens is 4. The molecule has 1 amide bonds. The van der Waals surface area contributed by atoms with Gasteiger partial charge in [-0.2, -0.15) is 10.2 Å². The minimum atomic E-state index is -0.872. The highest BCUT2D eigenvalue weighted by atomic mass is 35.5. The molecule has 0 aliphatic rings. The van der Waals surface area contributed by atoms with Crippen LogP contribution in [0.1, 0.15) is 11.3 Å². The summed E-state index contributed by atoms with van der Waals surface area (Å²) in [4.78, 5) is 44.3. The molecule has 0 aliphatic carbocycles. The molecule has 0 fully saturated rings. The number of amides is 1. The third-order valence-electron chi connectivity index (χ3n) is 6.21. The first kappa shape index (κ1) is 26.2. The maximum Gasteiger partial charge on any atom is 0.295 e. The Morgan fingerprint density at radius 2 is 1.73 bits per heavy atom. The lowest BCUT2D eigenvalue weighted by Crippen LogP contribution is -2.24. The number of rotatable bonds is 6. The number of pyridine rings is 1. The fourth-order valence-corrected chi connectivity index (χ4v) is 4.21. The van der Waals surface area contributed by atoms with Crippen LogP contribution in [0.25, 0.3) is 17.4 Å². The Morgan fingerprint density at radius 1 is 1.02 bits per heavy atom. The second kappa shape index (κ2) is 10.8. The van der Waals surface area contributed by atoms with E-state index in [1.807, 2.05) is 12.1 Å². The van der Waals surface area contributed by atoms with Gasteiger partial charge in [-0.05, 0) is 61.5 Å². The number of nitriles is 1. The number of anilines is 1. The number of halogens is 1.